The van der Waals surface area contributed by atoms with Gasteiger partial charge < -0.3 is 14.2 Å². The minimum Gasteiger partial charge on any atom is -0.490 e. The molecule has 0 amide bonds. The molecule has 0 saturated carbocycles. The number of esters is 1. The van der Waals surface area contributed by atoms with Crippen LogP contribution in [0.2, 0.25) is 0 Å². The van der Waals surface area contributed by atoms with E-state index in [4.69, 9.17) is 14.2 Å². The summed E-state index contributed by atoms with van der Waals surface area (Å²) in [6.45, 7) is 4.90. The fraction of sp³-hybridized carbons (Fsp3) is 0.154. The molecule has 1 heterocycles. The number of ether oxygens (including phenoxy) is 3. The summed E-state index contributed by atoms with van der Waals surface area (Å²) in [5.41, 5.74) is 4.01. The molecule has 0 aliphatic carbocycles. The summed E-state index contributed by atoms with van der Waals surface area (Å²) in [4.78, 5) is 16.8. The smallest absolute Gasteiger partial charge is 0.363 e. The van der Waals surface area contributed by atoms with Crippen molar-refractivity contribution in [3.05, 3.63) is 96.7 Å². The number of nitrogens with zero attached hydrogens (tertiary/aromatic N) is 1. The number of rotatable bonds is 7. The molecule has 0 atom stereocenters. The molecule has 0 unspecified atom stereocenters. The van der Waals surface area contributed by atoms with Crippen LogP contribution in [0, 0.1) is 10.5 Å². The Morgan fingerprint density at radius 1 is 1.09 bits per heavy atom. The van der Waals surface area contributed by atoms with Crippen LogP contribution in [0.4, 0.5) is 0 Å². The van der Waals surface area contributed by atoms with Crippen molar-refractivity contribution in [1.29, 1.82) is 0 Å². The molecule has 0 N–H and O–H groups in total. The Bertz CT molecular complexity index is 1270. The highest BCUT2D eigenvalue weighted by Gasteiger charge is 2.24. The topological polar surface area (TPSA) is 57.1 Å². The number of halogens is 2. The lowest BCUT2D eigenvalue weighted by Gasteiger charge is -2.15. The Morgan fingerprint density at radius 3 is 2.67 bits per heavy atom. The van der Waals surface area contributed by atoms with Crippen LogP contribution in [0.3, 0.4) is 0 Å². The normalized spacial score (nSPS) is 14.2. The molecule has 0 spiro atoms. The summed E-state index contributed by atoms with van der Waals surface area (Å²) < 4.78 is 19.1. The maximum absolute atomic E-state index is 12.4. The van der Waals surface area contributed by atoms with Gasteiger partial charge in [-0.25, -0.2) is 9.79 Å². The van der Waals surface area contributed by atoms with E-state index in [1.807, 2.05) is 55.5 Å². The van der Waals surface area contributed by atoms with Crippen molar-refractivity contribution in [2.75, 3.05) is 6.61 Å². The Hall–Kier alpha value is -2.65. The zero-order valence-electron chi connectivity index (χ0n) is 18.1. The maximum Gasteiger partial charge on any atom is 0.363 e. The van der Waals surface area contributed by atoms with Crippen LogP contribution < -0.4 is 9.47 Å². The van der Waals surface area contributed by atoms with E-state index >= 15 is 0 Å². The molecular formula is C26H21BrINO4. The Balaban J connectivity index is 1.61. The number of hydrogen-bond donors (Lipinski definition) is 0. The van der Waals surface area contributed by atoms with E-state index in [9.17, 15) is 4.79 Å². The van der Waals surface area contributed by atoms with E-state index in [2.05, 4.69) is 62.6 Å². The van der Waals surface area contributed by atoms with Crippen LogP contribution >= 0.6 is 38.5 Å². The second-order valence-electron chi connectivity index (χ2n) is 7.39. The van der Waals surface area contributed by atoms with Crippen molar-refractivity contribution in [2.45, 2.75) is 20.5 Å². The van der Waals surface area contributed by atoms with Gasteiger partial charge in [-0.05, 0) is 84.0 Å². The van der Waals surface area contributed by atoms with Crippen molar-refractivity contribution in [1.82, 2.24) is 0 Å². The van der Waals surface area contributed by atoms with Crippen LogP contribution in [0.1, 0.15) is 29.2 Å². The van der Waals surface area contributed by atoms with E-state index in [-0.39, 0.29) is 11.6 Å². The molecule has 33 heavy (non-hydrogen) atoms. The summed E-state index contributed by atoms with van der Waals surface area (Å²) in [7, 11) is 0. The first kappa shape index (κ1) is 23.5. The van der Waals surface area contributed by atoms with Crippen LogP contribution in [0.15, 0.2) is 75.8 Å². The number of carbonyl (C=O) groups excluding carboxylic acids is 1. The lowest BCUT2D eigenvalue weighted by atomic mass is 10.1. The highest BCUT2D eigenvalue weighted by atomic mass is 127. The Labute approximate surface area is 214 Å². The highest BCUT2D eigenvalue weighted by Crippen LogP contribution is 2.36. The minimum absolute atomic E-state index is 0.233. The highest BCUT2D eigenvalue weighted by molar-refractivity contribution is 14.1. The molecule has 5 nitrogen and oxygen atoms in total. The number of benzene rings is 3. The lowest BCUT2D eigenvalue weighted by Crippen LogP contribution is -2.05. The van der Waals surface area contributed by atoms with Gasteiger partial charge in [-0.2, -0.15) is 0 Å². The van der Waals surface area contributed by atoms with Gasteiger partial charge in [0.15, 0.2) is 17.2 Å². The van der Waals surface area contributed by atoms with Gasteiger partial charge in [0, 0.05) is 10.0 Å². The van der Waals surface area contributed by atoms with Crippen molar-refractivity contribution in [2.24, 2.45) is 4.99 Å². The van der Waals surface area contributed by atoms with Crippen LogP contribution in [0.5, 0.6) is 11.5 Å². The van der Waals surface area contributed by atoms with Crippen molar-refractivity contribution in [3.8, 4) is 11.5 Å². The molecular weight excluding hydrogens is 597 g/mol. The third kappa shape index (κ3) is 5.83. The average Bonchev–Trinajstić information content (AvgIpc) is 3.14. The van der Waals surface area contributed by atoms with Crippen LogP contribution in [-0.4, -0.2) is 18.5 Å². The first-order valence-corrected chi connectivity index (χ1v) is 12.2. The molecule has 3 aromatic rings. The molecule has 0 aromatic heterocycles. The summed E-state index contributed by atoms with van der Waals surface area (Å²) >= 11 is 5.64. The SMILES string of the molecule is CCOc1cc(/C=C2\N=C(c3cccc(Br)c3)OC2=O)cc(I)c1OCc1cccc(C)c1. The predicted molar refractivity (Wildman–Crippen MR) is 141 cm³/mol. The molecule has 4 rings (SSSR count). The van der Waals surface area contributed by atoms with E-state index in [0.717, 1.165) is 24.7 Å². The lowest BCUT2D eigenvalue weighted by molar-refractivity contribution is -0.129. The van der Waals surface area contributed by atoms with Gasteiger partial charge in [0.25, 0.3) is 0 Å². The molecule has 0 fully saturated rings. The average molecular weight is 618 g/mol. The molecule has 168 valence electrons. The van der Waals surface area contributed by atoms with Gasteiger partial charge in [0.05, 0.1) is 10.2 Å². The third-order valence-corrected chi connectivity index (χ3v) is 6.09. The minimum atomic E-state index is -0.488. The first-order chi connectivity index (χ1) is 15.9. The molecule has 0 radical (unpaired) electrons. The Kier molecular flexibility index (Phi) is 7.49. The predicted octanol–water partition coefficient (Wildman–Crippen LogP) is 6.68. The van der Waals surface area contributed by atoms with Gasteiger partial charge in [-0.1, -0.05) is 51.8 Å². The maximum atomic E-state index is 12.4. The van der Waals surface area contributed by atoms with Crippen LogP contribution in [0.25, 0.3) is 6.08 Å². The fourth-order valence-corrected chi connectivity index (χ4v) is 4.52. The van der Waals surface area contributed by atoms with E-state index in [1.165, 1.54) is 5.56 Å². The van der Waals surface area contributed by atoms with Gasteiger partial charge in [-0.3, -0.25) is 0 Å². The van der Waals surface area contributed by atoms with Crippen LogP contribution in [-0.2, 0) is 16.1 Å². The molecule has 1 aliphatic rings. The van der Waals surface area contributed by atoms with E-state index in [0.29, 0.717) is 24.7 Å². The number of carbonyl (C=O) groups is 1. The molecule has 0 bridgehead atoms. The number of aliphatic imine (C=N–C) groups is 1. The number of hydrogen-bond acceptors (Lipinski definition) is 5. The standard InChI is InChI=1S/C26H21BrINO4/c1-3-31-23-13-18(11-21(28)24(23)32-15-17-7-4-6-16(2)10-17)12-22-26(30)33-25(29-22)19-8-5-9-20(27)14-19/h4-14H,3,15H2,1-2H3/b22-12-. The second-order valence-corrected chi connectivity index (χ2v) is 9.46. The van der Waals surface area contributed by atoms with E-state index < -0.39 is 5.97 Å². The zero-order chi connectivity index (χ0) is 23.4. The van der Waals surface area contributed by atoms with Crippen molar-refractivity contribution < 1.29 is 19.0 Å². The van der Waals surface area contributed by atoms with Gasteiger partial charge in [-0.15, -0.1) is 0 Å². The van der Waals surface area contributed by atoms with Gasteiger partial charge in [0.2, 0.25) is 5.90 Å². The summed E-state index contributed by atoms with van der Waals surface area (Å²) in [6, 6.07) is 19.4. The second kappa shape index (κ2) is 10.5. The molecule has 1 aliphatic heterocycles. The molecule has 0 saturated heterocycles. The third-order valence-electron chi connectivity index (χ3n) is 4.79. The monoisotopic (exact) mass is 617 g/mol. The first-order valence-electron chi connectivity index (χ1n) is 10.4. The zero-order valence-corrected chi connectivity index (χ0v) is 21.8. The fourth-order valence-electron chi connectivity index (χ4n) is 3.34. The summed E-state index contributed by atoms with van der Waals surface area (Å²) in [5.74, 6) is 1.09. The summed E-state index contributed by atoms with van der Waals surface area (Å²) in [5, 5.41) is 0. The molecule has 3 aromatic carbocycles. The largest absolute Gasteiger partial charge is 0.490 e. The number of cyclic esters (lactones) is 1. The van der Waals surface area contributed by atoms with Crippen molar-refractivity contribution >= 4 is 56.5 Å². The quantitative estimate of drug-likeness (QED) is 0.169. The van der Waals surface area contributed by atoms with Gasteiger partial charge in [0.1, 0.15) is 6.61 Å². The molecule has 7 heteroatoms. The van der Waals surface area contributed by atoms with E-state index in [1.54, 1.807) is 6.08 Å². The number of aryl methyl sites for hydroxylation is 1. The van der Waals surface area contributed by atoms with Gasteiger partial charge >= 0.3 is 5.97 Å². The summed E-state index contributed by atoms with van der Waals surface area (Å²) in [6.07, 6.45) is 1.70. The Morgan fingerprint density at radius 2 is 1.91 bits per heavy atom. The van der Waals surface area contributed by atoms with Crippen molar-refractivity contribution in [3.63, 3.8) is 0 Å².